The Bertz CT molecular complexity index is 870. The first kappa shape index (κ1) is 18.3. The number of hydrogen-bond donors (Lipinski definition) is 2. The summed E-state index contributed by atoms with van der Waals surface area (Å²) in [7, 11) is 3.45. The third kappa shape index (κ3) is 3.54. The molecular formula is C19H21N2O4S+. The molecule has 136 valence electrons. The van der Waals surface area contributed by atoms with Crippen LogP contribution in [0, 0.1) is 0 Å². The van der Waals surface area contributed by atoms with Gasteiger partial charge in [0.1, 0.15) is 11.5 Å². The van der Waals surface area contributed by atoms with Crippen LogP contribution in [-0.2, 0) is 17.7 Å². The van der Waals surface area contributed by atoms with E-state index in [4.69, 9.17) is 4.74 Å². The quantitative estimate of drug-likeness (QED) is 0.630. The number of benzene rings is 1. The van der Waals surface area contributed by atoms with Crippen molar-refractivity contribution in [3.8, 4) is 0 Å². The SMILES string of the molecule is COC(=O)c1c(NC(=O)c2ccc(C(C)=O)cc2)sc2c1CC[NH+](C)C2. The van der Waals surface area contributed by atoms with Crippen LogP contribution in [0.5, 0.6) is 0 Å². The number of ether oxygens (including phenoxy) is 1. The number of nitrogens with one attached hydrogen (secondary N) is 2. The second-order valence-corrected chi connectivity index (χ2v) is 7.53. The molecule has 1 atom stereocenters. The topological polar surface area (TPSA) is 76.9 Å². The van der Waals surface area contributed by atoms with Crippen LogP contribution in [0.3, 0.4) is 0 Å². The van der Waals surface area contributed by atoms with Gasteiger partial charge in [-0.15, -0.1) is 11.3 Å². The van der Waals surface area contributed by atoms with Crippen molar-refractivity contribution < 1.29 is 24.0 Å². The summed E-state index contributed by atoms with van der Waals surface area (Å²) < 4.78 is 4.93. The zero-order valence-electron chi connectivity index (χ0n) is 15.0. The number of amides is 1. The highest BCUT2D eigenvalue weighted by atomic mass is 32.1. The molecule has 2 aromatic rings. The summed E-state index contributed by atoms with van der Waals surface area (Å²) in [5.74, 6) is -0.795. The maximum absolute atomic E-state index is 12.6. The van der Waals surface area contributed by atoms with Gasteiger partial charge in [-0.2, -0.15) is 0 Å². The summed E-state index contributed by atoms with van der Waals surface area (Å²) in [5.41, 5.74) is 2.43. The molecule has 0 fully saturated rings. The monoisotopic (exact) mass is 373 g/mol. The third-order valence-electron chi connectivity index (χ3n) is 4.52. The van der Waals surface area contributed by atoms with Crippen molar-refractivity contribution in [1.82, 2.24) is 0 Å². The lowest BCUT2D eigenvalue weighted by molar-refractivity contribution is -0.895. The van der Waals surface area contributed by atoms with E-state index >= 15 is 0 Å². The van der Waals surface area contributed by atoms with Crippen molar-refractivity contribution in [2.24, 2.45) is 0 Å². The Morgan fingerprint density at radius 3 is 2.42 bits per heavy atom. The normalized spacial score (nSPS) is 15.9. The lowest BCUT2D eigenvalue weighted by atomic mass is 10.0. The molecule has 1 aliphatic rings. The molecule has 1 amide bonds. The number of methoxy groups -OCH3 is 1. The van der Waals surface area contributed by atoms with E-state index in [-0.39, 0.29) is 11.7 Å². The molecule has 1 unspecified atom stereocenters. The molecule has 0 saturated heterocycles. The van der Waals surface area contributed by atoms with Crippen LogP contribution in [0.15, 0.2) is 24.3 Å². The Morgan fingerprint density at radius 1 is 1.15 bits per heavy atom. The van der Waals surface area contributed by atoms with Crippen LogP contribution in [0.25, 0.3) is 0 Å². The van der Waals surface area contributed by atoms with E-state index in [1.165, 1.54) is 30.3 Å². The van der Waals surface area contributed by atoms with E-state index in [9.17, 15) is 14.4 Å². The second-order valence-electron chi connectivity index (χ2n) is 6.42. The molecule has 7 heteroatoms. The van der Waals surface area contributed by atoms with Crippen LogP contribution >= 0.6 is 11.3 Å². The van der Waals surface area contributed by atoms with Crippen LogP contribution in [0.1, 0.15) is 48.4 Å². The number of esters is 1. The van der Waals surface area contributed by atoms with Crippen LogP contribution < -0.4 is 10.2 Å². The molecule has 0 bridgehead atoms. The van der Waals surface area contributed by atoms with Crippen molar-refractivity contribution in [3.63, 3.8) is 0 Å². The molecule has 1 aromatic heterocycles. The number of anilines is 1. The predicted molar refractivity (Wildman–Crippen MR) is 99.2 cm³/mol. The van der Waals surface area contributed by atoms with Crippen molar-refractivity contribution in [2.45, 2.75) is 19.9 Å². The van der Waals surface area contributed by atoms with Crippen LogP contribution in [0.4, 0.5) is 5.00 Å². The molecule has 0 spiro atoms. The Balaban J connectivity index is 1.90. The Morgan fingerprint density at radius 2 is 1.81 bits per heavy atom. The average molecular weight is 373 g/mol. The van der Waals surface area contributed by atoms with Gasteiger partial charge in [0.15, 0.2) is 5.78 Å². The zero-order chi connectivity index (χ0) is 18.8. The molecule has 3 rings (SSSR count). The van der Waals surface area contributed by atoms with Crippen LogP contribution in [0.2, 0.25) is 0 Å². The van der Waals surface area contributed by atoms with Gasteiger partial charge in [-0.05, 0) is 24.6 Å². The third-order valence-corrected chi connectivity index (χ3v) is 5.67. The van der Waals surface area contributed by atoms with Crippen molar-refractivity contribution in [2.75, 3.05) is 26.0 Å². The molecule has 2 heterocycles. The number of Topliss-reactive ketones (excluding diaryl/α,β-unsaturated/α-hetero) is 1. The van der Waals surface area contributed by atoms with Gasteiger partial charge in [0.25, 0.3) is 5.91 Å². The maximum atomic E-state index is 12.6. The van der Waals surface area contributed by atoms with Gasteiger partial charge in [0.05, 0.1) is 31.1 Å². The van der Waals surface area contributed by atoms with Gasteiger partial charge in [0, 0.05) is 17.5 Å². The lowest BCUT2D eigenvalue weighted by Gasteiger charge is -2.19. The van der Waals surface area contributed by atoms with Crippen molar-refractivity contribution in [3.05, 3.63) is 51.4 Å². The Kier molecular flexibility index (Phi) is 5.20. The van der Waals surface area contributed by atoms with Crippen molar-refractivity contribution >= 4 is 34.0 Å². The Labute approximate surface area is 155 Å². The van der Waals surface area contributed by atoms with Gasteiger partial charge < -0.3 is 15.0 Å². The Hall–Kier alpha value is -2.51. The fourth-order valence-electron chi connectivity index (χ4n) is 3.06. The summed E-state index contributed by atoms with van der Waals surface area (Å²) in [6.45, 7) is 3.24. The fourth-order valence-corrected chi connectivity index (χ4v) is 4.40. The van der Waals surface area contributed by atoms with E-state index in [0.29, 0.717) is 21.7 Å². The molecule has 1 aliphatic heterocycles. The molecule has 0 aliphatic carbocycles. The molecule has 2 N–H and O–H groups in total. The van der Waals surface area contributed by atoms with E-state index in [1.54, 1.807) is 24.3 Å². The predicted octanol–water partition coefficient (Wildman–Crippen LogP) is 1.56. The molecule has 0 saturated carbocycles. The summed E-state index contributed by atoms with van der Waals surface area (Å²) in [4.78, 5) is 38.7. The van der Waals surface area contributed by atoms with E-state index in [1.807, 2.05) is 0 Å². The molecule has 6 nitrogen and oxygen atoms in total. The minimum absolute atomic E-state index is 0.0533. The number of thiophene rings is 1. The molecule has 1 aromatic carbocycles. The molecular weight excluding hydrogens is 352 g/mol. The molecule has 26 heavy (non-hydrogen) atoms. The number of rotatable bonds is 4. The zero-order valence-corrected chi connectivity index (χ0v) is 15.8. The first-order valence-corrected chi connectivity index (χ1v) is 9.19. The number of fused-ring (bicyclic) bond motifs is 1. The number of hydrogen-bond acceptors (Lipinski definition) is 5. The van der Waals surface area contributed by atoms with Gasteiger partial charge in [-0.25, -0.2) is 4.79 Å². The highest BCUT2D eigenvalue weighted by Crippen LogP contribution is 2.35. The fraction of sp³-hybridized carbons (Fsp3) is 0.316. The minimum Gasteiger partial charge on any atom is -0.465 e. The second kappa shape index (κ2) is 7.39. The van der Waals surface area contributed by atoms with Gasteiger partial charge >= 0.3 is 5.97 Å². The highest BCUT2D eigenvalue weighted by molar-refractivity contribution is 7.17. The summed E-state index contributed by atoms with van der Waals surface area (Å²) in [6, 6.07) is 6.46. The standard InChI is InChI=1S/C19H20N2O4S/c1-11(22)12-4-6-13(7-5-12)17(23)20-18-16(19(24)25-3)14-8-9-21(2)10-15(14)26-18/h4-7H,8-10H2,1-3H3,(H,20,23)/p+1. The minimum atomic E-state index is -0.427. The van der Waals surface area contributed by atoms with E-state index in [2.05, 4.69) is 12.4 Å². The number of ketones is 1. The first-order chi connectivity index (χ1) is 12.4. The summed E-state index contributed by atoms with van der Waals surface area (Å²) in [5, 5.41) is 3.37. The average Bonchev–Trinajstić information content (AvgIpc) is 2.97. The maximum Gasteiger partial charge on any atom is 0.341 e. The summed E-state index contributed by atoms with van der Waals surface area (Å²) >= 11 is 1.43. The molecule has 0 radical (unpaired) electrons. The van der Waals surface area contributed by atoms with Crippen molar-refractivity contribution in [1.29, 1.82) is 0 Å². The van der Waals surface area contributed by atoms with Gasteiger partial charge in [-0.3, -0.25) is 9.59 Å². The smallest absolute Gasteiger partial charge is 0.341 e. The largest absolute Gasteiger partial charge is 0.465 e. The summed E-state index contributed by atoms with van der Waals surface area (Å²) in [6.07, 6.45) is 0.783. The number of carbonyl (C=O) groups is 3. The van der Waals surface area contributed by atoms with E-state index < -0.39 is 5.97 Å². The number of carbonyl (C=O) groups excluding carboxylic acids is 3. The van der Waals surface area contributed by atoms with Gasteiger partial charge in [0.2, 0.25) is 0 Å². The van der Waals surface area contributed by atoms with Gasteiger partial charge in [-0.1, -0.05) is 12.1 Å². The highest BCUT2D eigenvalue weighted by Gasteiger charge is 2.30. The lowest BCUT2D eigenvalue weighted by Crippen LogP contribution is -3.08. The number of likely N-dealkylation sites (N-methyl/N-ethyl adjacent to an activating group) is 1. The first-order valence-electron chi connectivity index (χ1n) is 8.37. The van der Waals surface area contributed by atoms with Crippen LogP contribution in [-0.4, -0.2) is 38.4 Å². The number of quaternary nitrogens is 1. The van der Waals surface area contributed by atoms with E-state index in [0.717, 1.165) is 30.0 Å².